The van der Waals surface area contributed by atoms with E-state index >= 15 is 0 Å². The lowest BCUT2D eigenvalue weighted by molar-refractivity contribution is -0.149. The van der Waals surface area contributed by atoms with Gasteiger partial charge in [-0.25, -0.2) is 0 Å². The Morgan fingerprint density at radius 2 is 2.25 bits per heavy atom. The number of carbonyl (C=O) groups excluding carboxylic acids is 2. The summed E-state index contributed by atoms with van der Waals surface area (Å²) in [6.07, 6.45) is 0.309. The van der Waals surface area contributed by atoms with Gasteiger partial charge in [0.25, 0.3) is 0 Å². The van der Waals surface area contributed by atoms with Gasteiger partial charge in [0.05, 0.1) is 26.4 Å². The molecule has 0 aromatic carbocycles. The van der Waals surface area contributed by atoms with Gasteiger partial charge >= 0.3 is 5.97 Å². The topological polar surface area (TPSA) is 77.1 Å². The summed E-state index contributed by atoms with van der Waals surface area (Å²) in [4.78, 5) is 25.2. The summed E-state index contributed by atoms with van der Waals surface area (Å²) in [5.74, 6) is -0.497. The summed E-state index contributed by atoms with van der Waals surface area (Å²) in [7, 11) is 1.56. The standard InChI is InChI=1S/C13H24N2O5/c1-3-20-13(17)9-15(5-7-18-2)12(16)8-11-10-19-6-4-14-11/h11,14H,3-10H2,1-2H3. The molecule has 0 saturated carbocycles. The normalized spacial score (nSPS) is 18.6. The fraction of sp³-hybridized carbons (Fsp3) is 0.846. The van der Waals surface area contributed by atoms with Gasteiger partial charge in [-0.3, -0.25) is 9.59 Å². The number of morpholine rings is 1. The Balaban J connectivity index is 2.46. The van der Waals surface area contributed by atoms with Crippen LogP contribution in [0.1, 0.15) is 13.3 Å². The highest BCUT2D eigenvalue weighted by Crippen LogP contribution is 2.03. The zero-order valence-electron chi connectivity index (χ0n) is 12.2. The molecule has 1 saturated heterocycles. The van der Waals surface area contributed by atoms with E-state index in [1.807, 2.05) is 0 Å². The average Bonchev–Trinajstić information content (AvgIpc) is 2.44. The van der Waals surface area contributed by atoms with E-state index in [0.717, 1.165) is 6.54 Å². The van der Waals surface area contributed by atoms with Gasteiger partial charge in [0.1, 0.15) is 6.54 Å². The van der Waals surface area contributed by atoms with Crippen LogP contribution >= 0.6 is 0 Å². The van der Waals surface area contributed by atoms with E-state index in [1.165, 1.54) is 4.90 Å². The lowest BCUT2D eigenvalue weighted by Gasteiger charge is -2.27. The largest absolute Gasteiger partial charge is 0.465 e. The molecule has 116 valence electrons. The maximum atomic E-state index is 12.2. The summed E-state index contributed by atoms with van der Waals surface area (Å²) in [6, 6.07) is 0.00323. The number of amides is 1. The van der Waals surface area contributed by atoms with Crippen LogP contribution in [0.3, 0.4) is 0 Å². The Labute approximate surface area is 119 Å². The Morgan fingerprint density at radius 3 is 2.85 bits per heavy atom. The molecule has 0 aromatic rings. The summed E-state index contributed by atoms with van der Waals surface area (Å²) in [5.41, 5.74) is 0. The van der Waals surface area contributed by atoms with Crippen LogP contribution in [-0.2, 0) is 23.8 Å². The molecule has 0 radical (unpaired) electrons. The van der Waals surface area contributed by atoms with Crippen molar-refractivity contribution in [2.45, 2.75) is 19.4 Å². The van der Waals surface area contributed by atoms with Gasteiger partial charge in [-0.2, -0.15) is 0 Å². The van der Waals surface area contributed by atoms with Crippen molar-refractivity contribution in [1.82, 2.24) is 10.2 Å². The van der Waals surface area contributed by atoms with E-state index in [9.17, 15) is 9.59 Å². The second-order valence-corrected chi connectivity index (χ2v) is 4.54. The molecule has 1 amide bonds. The van der Waals surface area contributed by atoms with Crippen molar-refractivity contribution in [2.75, 3.05) is 53.2 Å². The molecule has 0 bridgehead atoms. The van der Waals surface area contributed by atoms with Crippen LogP contribution < -0.4 is 5.32 Å². The Hall–Kier alpha value is -1.18. The number of nitrogens with zero attached hydrogens (tertiary/aromatic N) is 1. The molecule has 0 aliphatic carbocycles. The molecular formula is C13H24N2O5. The van der Waals surface area contributed by atoms with Gasteiger partial charge in [-0.15, -0.1) is 0 Å². The van der Waals surface area contributed by atoms with Crippen molar-refractivity contribution in [3.8, 4) is 0 Å². The fourth-order valence-corrected chi connectivity index (χ4v) is 1.95. The van der Waals surface area contributed by atoms with Crippen LogP contribution in [0, 0.1) is 0 Å². The molecule has 7 nitrogen and oxygen atoms in total. The number of hydrogen-bond donors (Lipinski definition) is 1. The monoisotopic (exact) mass is 288 g/mol. The van der Waals surface area contributed by atoms with E-state index in [0.29, 0.717) is 39.4 Å². The lowest BCUT2D eigenvalue weighted by Crippen LogP contribution is -2.46. The smallest absolute Gasteiger partial charge is 0.325 e. The Morgan fingerprint density at radius 1 is 1.45 bits per heavy atom. The number of carbonyl (C=O) groups is 2. The molecule has 1 heterocycles. The third kappa shape index (κ3) is 6.31. The molecule has 0 aromatic heterocycles. The van der Waals surface area contributed by atoms with E-state index < -0.39 is 5.97 Å². The van der Waals surface area contributed by atoms with Crippen molar-refractivity contribution < 1.29 is 23.8 Å². The molecule has 1 fully saturated rings. The Kier molecular flexibility index (Phi) is 8.17. The average molecular weight is 288 g/mol. The summed E-state index contributed by atoms with van der Waals surface area (Å²) >= 11 is 0. The SMILES string of the molecule is CCOC(=O)CN(CCOC)C(=O)CC1COCCN1. The first-order valence-electron chi connectivity index (χ1n) is 6.90. The molecule has 1 atom stereocenters. The minimum absolute atomic E-state index is 0.00323. The van der Waals surface area contributed by atoms with Gasteiger partial charge in [-0.1, -0.05) is 0 Å². The predicted molar refractivity (Wildman–Crippen MR) is 72.3 cm³/mol. The molecule has 20 heavy (non-hydrogen) atoms. The highest BCUT2D eigenvalue weighted by Gasteiger charge is 2.22. The number of rotatable bonds is 8. The first kappa shape index (κ1) is 16.9. The third-order valence-corrected chi connectivity index (χ3v) is 2.96. The van der Waals surface area contributed by atoms with Gasteiger partial charge in [-0.05, 0) is 6.92 Å². The number of ether oxygens (including phenoxy) is 3. The number of hydrogen-bond acceptors (Lipinski definition) is 6. The highest BCUT2D eigenvalue weighted by molar-refractivity contribution is 5.82. The zero-order chi connectivity index (χ0) is 14.8. The quantitative estimate of drug-likeness (QED) is 0.601. The lowest BCUT2D eigenvalue weighted by atomic mass is 10.2. The summed E-state index contributed by atoms with van der Waals surface area (Å²) in [6.45, 7) is 4.70. The molecule has 1 aliphatic heterocycles. The first-order chi connectivity index (χ1) is 9.67. The van der Waals surface area contributed by atoms with E-state index in [2.05, 4.69) is 5.32 Å². The molecule has 0 spiro atoms. The highest BCUT2D eigenvalue weighted by atomic mass is 16.5. The van der Waals surface area contributed by atoms with Crippen molar-refractivity contribution in [3.05, 3.63) is 0 Å². The number of nitrogens with one attached hydrogen (secondary N) is 1. The molecule has 1 rings (SSSR count). The zero-order valence-corrected chi connectivity index (χ0v) is 12.2. The van der Waals surface area contributed by atoms with Crippen molar-refractivity contribution in [3.63, 3.8) is 0 Å². The van der Waals surface area contributed by atoms with E-state index in [1.54, 1.807) is 14.0 Å². The van der Waals surface area contributed by atoms with Crippen LogP contribution in [0.5, 0.6) is 0 Å². The van der Waals surface area contributed by atoms with Crippen LogP contribution in [0.4, 0.5) is 0 Å². The minimum Gasteiger partial charge on any atom is -0.465 e. The van der Waals surface area contributed by atoms with Crippen molar-refractivity contribution >= 4 is 11.9 Å². The van der Waals surface area contributed by atoms with Crippen LogP contribution in [0.15, 0.2) is 0 Å². The first-order valence-corrected chi connectivity index (χ1v) is 6.90. The number of esters is 1. The van der Waals surface area contributed by atoms with Crippen molar-refractivity contribution in [2.24, 2.45) is 0 Å². The predicted octanol–water partition coefficient (Wildman–Crippen LogP) is -0.597. The van der Waals surface area contributed by atoms with Gasteiger partial charge in [0.15, 0.2) is 0 Å². The second kappa shape index (κ2) is 9.68. The molecule has 7 heteroatoms. The molecule has 1 unspecified atom stereocenters. The van der Waals surface area contributed by atoms with E-state index in [-0.39, 0.29) is 18.5 Å². The van der Waals surface area contributed by atoms with Gasteiger partial charge < -0.3 is 24.4 Å². The second-order valence-electron chi connectivity index (χ2n) is 4.54. The maximum absolute atomic E-state index is 12.2. The third-order valence-electron chi connectivity index (χ3n) is 2.96. The van der Waals surface area contributed by atoms with E-state index in [4.69, 9.17) is 14.2 Å². The molecule has 1 aliphatic rings. The summed E-state index contributed by atoms with van der Waals surface area (Å²) < 4.78 is 15.2. The maximum Gasteiger partial charge on any atom is 0.325 e. The van der Waals surface area contributed by atoms with Crippen LogP contribution in [0.25, 0.3) is 0 Å². The Bertz CT molecular complexity index is 305. The molecular weight excluding hydrogens is 264 g/mol. The van der Waals surface area contributed by atoms with Gasteiger partial charge in [0.2, 0.25) is 5.91 Å². The van der Waals surface area contributed by atoms with Crippen LogP contribution in [-0.4, -0.2) is 76.0 Å². The van der Waals surface area contributed by atoms with Crippen molar-refractivity contribution in [1.29, 1.82) is 0 Å². The number of methoxy groups -OCH3 is 1. The minimum atomic E-state index is -0.398. The fourth-order valence-electron chi connectivity index (χ4n) is 1.95. The summed E-state index contributed by atoms with van der Waals surface area (Å²) in [5, 5.41) is 3.22. The van der Waals surface area contributed by atoms with Gasteiger partial charge in [0, 0.05) is 32.7 Å². The molecule has 1 N–H and O–H groups in total. The van der Waals surface area contributed by atoms with Crippen LogP contribution in [0.2, 0.25) is 0 Å².